The predicted molar refractivity (Wildman–Crippen MR) is 90.5 cm³/mol. The molecule has 0 radical (unpaired) electrons. The van der Waals surface area contributed by atoms with Gasteiger partial charge in [-0.25, -0.2) is 0 Å². The molecular weight excluding hydrogens is 322 g/mol. The van der Waals surface area contributed by atoms with Gasteiger partial charge in [-0.1, -0.05) is 12.1 Å². The summed E-state index contributed by atoms with van der Waals surface area (Å²) in [4.78, 5) is 26.3. The SMILES string of the molecule is COC(=O)[C@H]1CC12CCN(C(=O)c1cc3cccc(OC)c3o1)CC2. The molecule has 1 amide bonds. The van der Waals surface area contributed by atoms with Crippen molar-refractivity contribution in [2.45, 2.75) is 19.3 Å². The summed E-state index contributed by atoms with van der Waals surface area (Å²) < 4.78 is 15.9. The van der Waals surface area contributed by atoms with Crippen molar-refractivity contribution in [2.75, 3.05) is 27.3 Å². The van der Waals surface area contributed by atoms with Crippen LogP contribution < -0.4 is 4.74 Å². The molecule has 0 bridgehead atoms. The second-order valence-corrected chi connectivity index (χ2v) is 6.92. The lowest BCUT2D eigenvalue weighted by Gasteiger charge is -2.32. The maximum absolute atomic E-state index is 12.8. The van der Waals surface area contributed by atoms with E-state index in [9.17, 15) is 9.59 Å². The number of piperidine rings is 1. The van der Waals surface area contributed by atoms with Crippen molar-refractivity contribution in [3.05, 3.63) is 30.0 Å². The average molecular weight is 343 g/mol. The monoisotopic (exact) mass is 343 g/mol. The molecular formula is C19H21NO5. The molecule has 1 aromatic carbocycles. The number of nitrogens with zero attached hydrogens (tertiary/aromatic N) is 1. The third kappa shape index (κ3) is 2.56. The first-order chi connectivity index (χ1) is 12.1. The van der Waals surface area contributed by atoms with E-state index in [4.69, 9.17) is 13.9 Å². The van der Waals surface area contributed by atoms with Crippen LogP contribution in [0.4, 0.5) is 0 Å². The first kappa shape index (κ1) is 16.0. The van der Waals surface area contributed by atoms with Gasteiger partial charge >= 0.3 is 5.97 Å². The first-order valence-electron chi connectivity index (χ1n) is 8.51. The molecule has 0 N–H and O–H groups in total. The van der Waals surface area contributed by atoms with Gasteiger partial charge in [0.05, 0.1) is 20.1 Å². The first-order valence-corrected chi connectivity index (χ1v) is 8.51. The minimum atomic E-state index is -0.121. The van der Waals surface area contributed by atoms with Gasteiger partial charge < -0.3 is 18.8 Å². The normalized spacial score (nSPS) is 21.4. The Morgan fingerprint density at radius 1 is 1.24 bits per heavy atom. The van der Waals surface area contributed by atoms with Crippen molar-refractivity contribution < 1.29 is 23.5 Å². The molecule has 1 spiro atoms. The number of likely N-dealkylation sites (tertiary alicyclic amines) is 1. The Morgan fingerprint density at radius 3 is 2.68 bits per heavy atom. The van der Waals surface area contributed by atoms with Gasteiger partial charge in [-0.15, -0.1) is 0 Å². The molecule has 0 unspecified atom stereocenters. The summed E-state index contributed by atoms with van der Waals surface area (Å²) in [7, 11) is 3.01. The molecule has 132 valence electrons. The third-order valence-electron chi connectivity index (χ3n) is 5.66. The summed E-state index contributed by atoms with van der Waals surface area (Å²) in [6.07, 6.45) is 2.55. The highest BCUT2D eigenvalue weighted by Gasteiger charge is 2.59. The number of para-hydroxylation sites is 1. The van der Waals surface area contributed by atoms with Crippen LogP contribution in [-0.4, -0.2) is 44.1 Å². The van der Waals surface area contributed by atoms with E-state index < -0.39 is 0 Å². The number of benzene rings is 1. The van der Waals surface area contributed by atoms with Gasteiger partial charge in [0, 0.05) is 18.5 Å². The van der Waals surface area contributed by atoms with Gasteiger partial charge in [0.25, 0.3) is 5.91 Å². The summed E-state index contributed by atoms with van der Waals surface area (Å²) in [5.41, 5.74) is 0.635. The van der Waals surface area contributed by atoms with Crippen LogP contribution in [0.25, 0.3) is 11.0 Å². The zero-order chi connectivity index (χ0) is 17.6. The van der Waals surface area contributed by atoms with Gasteiger partial charge in [-0.3, -0.25) is 9.59 Å². The number of furan rings is 1. The molecule has 2 heterocycles. The third-order valence-corrected chi connectivity index (χ3v) is 5.66. The highest BCUT2D eigenvalue weighted by atomic mass is 16.5. The van der Waals surface area contributed by atoms with Gasteiger partial charge in [-0.05, 0) is 36.8 Å². The van der Waals surface area contributed by atoms with Gasteiger partial charge in [0.2, 0.25) is 0 Å². The fourth-order valence-corrected chi connectivity index (χ4v) is 3.99. The molecule has 1 atom stereocenters. The zero-order valence-electron chi connectivity index (χ0n) is 14.4. The quantitative estimate of drug-likeness (QED) is 0.802. The molecule has 1 aromatic heterocycles. The fraction of sp³-hybridized carbons (Fsp3) is 0.474. The second-order valence-electron chi connectivity index (χ2n) is 6.92. The van der Waals surface area contributed by atoms with Gasteiger partial charge in [0.1, 0.15) is 0 Å². The fourth-order valence-electron chi connectivity index (χ4n) is 3.99. The maximum atomic E-state index is 12.8. The molecule has 2 aliphatic rings. The van der Waals surface area contributed by atoms with Crippen LogP contribution >= 0.6 is 0 Å². The van der Waals surface area contributed by atoms with Crippen molar-refractivity contribution in [3.63, 3.8) is 0 Å². The summed E-state index contributed by atoms with van der Waals surface area (Å²) >= 11 is 0. The average Bonchev–Trinajstić information content (AvgIpc) is 3.15. The zero-order valence-corrected chi connectivity index (χ0v) is 14.4. The minimum absolute atomic E-state index is 0.00483. The van der Waals surface area contributed by atoms with Crippen LogP contribution in [-0.2, 0) is 9.53 Å². The van der Waals surface area contributed by atoms with E-state index in [1.165, 1.54) is 7.11 Å². The summed E-state index contributed by atoms with van der Waals surface area (Å²) in [6, 6.07) is 7.34. The Bertz CT molecular complexity index is 831. The van der Waals surface area contributed by atoms with E-state index in [1.807, 2.05) is 23.1 Å². The molecule has 6 heteroatoms. The predicted octanol–water partition coefficient (Wildman–Crippen LogP) is 2.86. The van der Waals surface area contributed by atoms with Crippen molar-refractivity contribution in [2.24, 2.45) is 11.3 Å². The van der Waals surface area contributed by atoms with Crippen LogP contribution in [0, 0.1) is 11.3 Å². The molecule has 1 aliphatic heterocycles. The van der Waals surface area contributed by atoms with E-state index in [0.717, 1.165) is 24.6 Å². The second kappa shape index (κ2) is 5.79. The number of fused-ring (bicyclic) bond motifs is 1. The molecule has 25 heavy (non-hydrogen) atoms. The lowest BCUT2D eigenvalue weighted by Crippen LogP contribution is -2.39. The van der Waals surface area contributed by atoms with Crippen LogP contribution in [0.5, 0.6) is 5.75 Å². The summed E-state index contributed by atoms with van der Waals surface area (Å²) in [5.74, 6) is 0.724. The number of amides is 1. The van der Waals surface area contributed by atoms with Gasteiger partial charge in [-0.2, -0.15) is 0 Å². The van der Waals surface area contributed by atoms with Crippen LogP contribution in [0.2, 0.25) is 0 Å². The van der Waals surface area contributed by atoms with E-state index in [1.54, 1.807) is 13.2 Å². The van der Waals surface area contributed by atoms with Crippen molar-refractivity contribution in [3.8, 4) is 5.75 Å². The highest BCUT2D eigenvalue weighted by molar-refractivity contribution is 5.97. The standard InChI is InChI=1S/C19H21NO5/c1-23-14-5-3-4-12-10-15(25-16(12)14)17(21)20-8-6-19(7-9-20)11-13(19)18(22)24-2/h3-5,10,13H,6-9,11H2,1-2H3/t13-/m1/s1. The van der Waals surface area contributed by atoms with Crippen LogP contribution in [0.1, 0.15) is 29.8 Å². The van der Waals surface area contributed by atoms with Crippen molar-refractivity contribution in [1.29, 1.82) is 0 Å². The number of rotatable bonds is 3. The summed E-state index contributed by atoms with van der Waals surface area (Å²) in [5, 5.41) is 0.851. The van der Waals surface area contributed by atoms with Crippen molar-refractivity contribution >= 4 is 22.8 Å². The van der Waals surface area contributed by atoms with Crippen LogP contribution in [0.3, 0.4) is 0 Å². The molecule has 1 aliphatic carbocycles. The Labute approximate surface area is 145 Å². The largest absolute Gasteiger partial charge is 0.493 e. The smallest absolute Gasteiger partial charge is 0.309 e. The Hall–Kier alpha value is -2.50. The number of hydrogen-bond donors (Lipinski definition) is 0. The lowest BCUT2D eigenvalue weighted by molar-refractivity contribution is -0.143. The molecule has 4 rings (SSSR count). The lowest BCUT2D eigenvalue weighted by atomic mass is 9.90. The number of hydrogen-bond acceptors (Lipinski definition) is 5. The minimum Gasteiger partial charge on any atom is -0.493 e. The topological polar surface area (TPSA) is 69.0 Å². The van der Waals surface area contributed by atoms with Gasteiger partial charge in [0.15, 0.2) is 17.1 Å². The van der Waals surface area contributed by atoms with E-state index in [-0.39, 0.29) is 23.2 Å². The Morgan fingerprint density at radius 2 is 2.00 bits per heavy atom. The number of carbonyl (C=O) groups excluding carboxylic acids is 2. The molecule has 1 saturated carbocycles. The van der Waals surface area contributed by atoms with Crippen molar-refractivity contribution in [1.82, 2.24) is 4.90 Å². The number of ether oxygens (including phenoxy) is 2. The van der Waals surface area contributed by atoms with Crippen LogP contribution in [0.15, 0.2) is 28.7 Å². The Kier molecular flexibility index (Phi) is 3.71. The van der Waals surface area contributed by atoms with E-state index in [2.05, 4.69) is 0 Å². The Balaban J connectivity index is 1.47. The molecule has 2 aromatic rings. The summed E-state index contributed by atoms with van der Waals surface area (Å²) in [6.45, 7) is 1.28. The maximum Gasteiger partial charge on any atom is 0.309 e. The number of carbonyl (C=O) groups is 2. The molecule has 2 fully saturated rings. The van der Waals surface area contributed by atoms with E-state index >= 15 is 0 Å². The molecule has 6 nitrogen and oxygen atoms in total. The number of esters is 1. The van der Waals surface area contributed by atoms with E-state index in [0.29, 0.717) is 30.2 Å². The number of methoxy groups -OCH3 is 2. The highest BCUT2D eigenvalue weighted by Crippen LogP contribution is 2.59. The molecule has 1 saturated heterocycles.